The standard InChI is InChI=1S/C27H31FN6O6S/c1-15(2)29-6-7-40-24-21(32-41(5,37)38)8-16(11-31-24)17-9-18-20(10-19(17)28)30-12-22-23(18)27(25(35)33(22)3)13-34(14-27)26(36)39-4/h8-12,15,29,32H,6-7,13-14H2,1-5H3. The molecule has 2 N–H and O–H groups in total. The number of likely N-dealkylation sites (N-methyl/N-ethyl adjacent to an activating group) is 1. The molecule has 0 atom stereocenters. The number of anilines is 2. The molecule has 218 valence electrons. The number of nitrogens with one attached hydrogen (secondary N) is 2. The van der Waals surface area contributed by atoms with Crippen molar-refractivity contribution in [3.63, 3.8) is 0 Å². The number of pyridine rings is 2. The Kier molecular flexibility index (Phi) is 7.24. The van der Waals surface area contributed by atoms with E-state index in [1.54, 1.807) is 13.1 Å². The molecule has 1 aromatic carbocycles. The van der Waals surface area contributed by atoms with Crippen LogP contribution in [0.25, 0.3) is 22.0 Å². The van der Waals surface area contributed by atoms with Crippen LogP contribution in [-0.2, 0) is 25.0 Å². The first kappa shape index (κ1) is 28.5. The van der Waals surface area contributed by atoms with Crippen LogP contribution in [0.3, 0.4) is 0 Å². The van der Waals surface area contributed by atoms with Crippen LogP contribution in [0.2, 0.25) is 0 Å². The minimum atomic E-state index is -3.71. The summed E-state index contributed by atoms with van der Waals surface area (Å²) in [5, 5.41) is 3.74. The van der Waals surface area contributed by atoms with Gasteiger partial charge < -0.3 is 24.6 Å². The number of methoxy groups -OCH3 is 1. The van der Waals surface area contributed by atoms with E-state index in [4.69, 9.17) is 9.47 Å². The summed E-state index contributed by atoms with van der Waals surface area (Å²) >= 11 is 0. The lowest BCUT2D eigenvalue weighted by molar-refractivity contribution is -0.127. The molecule has 3 aromatic rings. The molecule has 2 aliphatic rings. The summed E-state index contributed by atoms with van der Waals surface area (Å²) in [6.07, 6.45) is 3.39. The van der Waals surface area contributed by atoms with Gasteiger partial charge in [-0.15, -0.1) is 0 Å². The molecule has 4 heterocycles. The fourth-order valence-corrected chi connectivity index (χ4v) is 5.90. The Balaban J connectivity index is 1.58. The normalized spacial score (nSPS) is 15.8. The Bertz CT molecular complexity index is 1660. The van der Waals surface area contributed by atoms with E-state index in [0.29, 0.717) is 28.7 Å². The van der Waals surface area contributed by atoms with E-state index in [1.165, 1.54) is 41.4 Å². The maximum absolute atomic E-state index is 15.5. The number of sulfonamides is 1. The van der Waals surface area contributed by atoms with E-state index >= 15 is 4.39 Å². The van der Waals surface area contributed by atoms with E-state index in [9.17, 15) is 18.0 Å². The third kappa shape index (κ3) is 5.12. The maximum atomic E-state index is 15.5. The average Bonchev–Trinajstić information content (AvgIpc) is 3.11. The highest BCUT2D eigenvalue weighted by atomic mass is 32.2. The summed E-state index contributed by atoms with van der Waals surface area (Å²) in [4.78, 5) is 37.1. The number of carbonyl (C=O) groups is 2. The van der Waals surface area contributed by atoms with E-state index < -0.39 is 27.3 Å². The van der Waals surface area contributed by atoms with Crippen molar-refractivity contribution in [3.05, 3.63) is 42.0 Å². The van der Waals surface area contributed by atoms with Gasteiger partial charge in [0.1, 0.15) is 23.5 Å². The Morgan fingerprint density at radius 2 is 1.93 bits per heavy atom. The summed E-state index contributed by atoms with van der Waals surface area (Å²) < 4.78 is 52.6. The van der Waals surface area contributed by atoms with Gasteiger partial charge in [0.15, 0.2) is 0 Å². The number of carbonyl (C=O) groups excluding carboxylic acids is 2. The molecule has 2 amide bonds. The SMILES string of the molecule is COC(=O)N1CC2(C1)C(=O)N(C)c1cnc3cc(F)c(-c4cnc(OCCNC(C)C)c(NS(C)(=O)=O)c4)cc3c12. The monoisotopic (exact) mass is 586 g/mol. The number of halogens is 1. The fourth-order valence-electron chi connectivity index (χ4n) is 5.36. The molecule has 0 bridgehead atoms. The minimum Gasteiger partial charge on any atom is -0.475 e. The van der Waals surface area contributed by atoms with Gasteiger partial charge in [-0.1, -0.05) is 13.8 Å². The molecule has 12 nitrogen and oxygen atoms in total. The van der Waals surface area contributed by atoms with Gasteiger partial charge in [0.25, 0.3) is 0 Å². The Morgan fingerprint density at radius 1 is 1.20 bits per heavy atom. The lowest BCUT2D eigenvalue weighted by atomic mass is 9.73. The molecule has 41 heavy (non-hydrogen) atoms. The van der Waals surface area contributed by atoms with Crippen LogP contribution in [-0.4, -0.2) is 88.0 Å². The van der Waals surface area contributed by atoms with Gasteiger partial charge in [0, 0.05) is 67.1 Å². The smallest absolute Gasteiger partial charge is 0.409 e. The van der Waals surface area contributed by atoms with Gasteiger partial charge >= 0.3 is 6.09 Å². The van der Waals surface area contributed by atoms with Crippen molar-refractivity contribution in [3.8, 4) is 17.0 Å². The zero-order valence-electron chi connectivity index (χ0n) is 23.3. The van der Waals surface area contributed by atoms with Crippen LogP contribution >= 0.6 is 0 Å². The van der Waals surface area contributed by atoms with Crippen LogP contribution in [0.15, 0.2) is 30.6 Å². The topological polar surface area (TPSA) is 143 Å². The van der Waals surface area contributed by atoms with Crippen molar-refractivity contribution in [1.82, 2.24) is 20.2 Å². The molecule has 1 fully saturated rings. The van der Waals surface area contributed by atoms with Gasteiger partial charge in [-0.25, -0.2) is 22.6 Å². The van der Waals surface area contributed by atoms with Crippen molar-refractivity contribution < 1.29 is 31.9 Å². The van der Waals surface area contributed by atoms with Crippen molar-refractivity contribution in [2.45, 2.75) is 25.3 Å². The largest absolute Gasteiger partial charge is 0.475 e. The Labute approximate surface area is 236 Å². The molecule has 1 saturated heterocycles. The van der Waals surface area contributed by atoms with Crippen molar-refractivity contribution in [2.24, 2.45) is 0 Å². The lowest BCUT2D eigenvalue weighted by Crippen LogP contribution is -2.65. The van der Waals surface area contributed by atoms with E-state index in [1.807, 2.05) is 13.8 Å². The molecule has 0 aliphatic carbocycles. The van der Waals surface area contributed by atoms with Crippen LogP contribution in [0, 0.1) is 5.82 Å². The molecular formula is C27H31FN6O6S. The number of likely N-dealkylation sites (tertiary alicyclic amines) is 1. The molecule has 2 aromatic heterocycles. The number of hydrogen-bond donors (Lipinski definition) is 2. The van der Waals surface area contributed by atoms with E-state index in [-0.39, 0.29) is 54.3 Å². The third-order valence-electron chi connectivity index (χ3n) is 7.20. The van der Waals surface area contributed by atoms with Crippen LogP contribution in [0.5, 0.6) is 5.88 Å². The summed E-state index contributed by atoms with van der Waals surface area (Å²) in [7, 11) is -0.796. The second-order valence-corrected chi connectivity index (χ2v) is 12.3. The van der Waals surface area contributed by atoms with Gasteiger partial charge in [-0.3, -0.25) is 14.5 Å². The second kappa shape index (κ2) is 10.4. The second-order valence-electron chi connectivity index (χ2n) is 10.5. The van der Waals surface area contributed by atoms with Crippen molar-refractivity contribution in [1.29, 1.82) is 0 Å². The first-order valence-corrected chi connectivity index (χ1v) is 14.8. The molecule has 2 aliphatic heterocycles. The van der Waals surface area contributed by atoms with E-state index in [2.05, 4.69) is 20.0 Å². The first-order valence-electron chi connectivity index (χ1n) is 12.9. The van der Waals surface area contributed by atoms with Crippen molar-refractivity contribution >= 4 is 44.3 Å². The van der Waals surface area contributed by atoms with Gasteiger partial charge in [-0.2, -0.15) is 0 Å². The zero-order valence-corrected chi connectivity index (χ0v) is 24.1. The number of nitrogens with zero attached hydrogens (tertiary/aromatic N) is 4. The number of benzene rings is 1. The molecule has 5 rings (SSSR count). The Hall–Kier alpha value is -4.04. The highest BCUT2D eigenvalue weighted by Crippen LogP contribution is 2.50. The summed E-state index contributed by atoms with van der Waals surface area (Å²) in [5.74, 6) is -0.747. The van der Waals surface area contributed by atoms with Crippen LogP contribution < -0.4 is 19.7 Å². The van der Waals surface area contributed by atoms with Crippen molar-refractivity contribution in [2.75, 3.05) is 56.3 Å². The minimum absolute atomic E-state index is 0.0528. The Morgan fingerprint density at radius 3 is 2.59 bits per heavy atom. The number of ether oxygens (including phenoxy) is 2. The summed E-state index contributed by atoms with van der Waals surface area (Å²) in [5.41, 5.74) is 1.02. The molecule has 14 heteroatoms. The van der Waals surface area contributed by atoms with Crippen LogP contribution in [0.4, 0.5) is 20.6 Å². The predicted octanol–water partition coefficient (Wildman–Crippen LogP) is 2.48. The van der Waals surface area contributed by atoms with Crippen LogP contribution in [0.1, 0.15) is 19.4 Å². The predicted molar refractivity (Wildman–Crippen MR) is 151 cm³/mol. The zero-order chi connectivity index (χ0) is 29.7. The number of aromatic nitrogens is 2. The molecule has 0 saturated carbocycles. The third-order valence-corrected chi connectivity index (χ3v) is 7.79. The first-order chi connectivity index (χ1) is 19.3. The maximum Gasteiger partial charge on any atom is 0.409 e. The molecule has 0 unspecified atom stereocenters. The summed E-state index contributed by atoms with van der Waals surface area (Å²) in [6.45, 7) is 4.95. The average molecular weight is 587 g/mol. The molecule has 0 radical (unpaired) electrons. The number of hydrogen-bond acceptors (Lipinski definition) is 9. The quantitative estimate of drug-likeness (QED) is 0.381. The highest BCUT2D eigenvalue weighted by Gasteiger charge is 2.59. The number of rotatable bonds is 8. The number of amides is 2. The fraction of sp³-hybridized carbons (Fsp3) is 0.407. The van der Waals surface area contributed by atoms with Gasteiger partial charge in [0.05, 0.1) is 30.8 Å². The number of fused-ring (bicyclic) bond motifs is 4. The van der Waals surface area contributed by atoms with Gasteiger partial charge in [0.2, 0.25) is 21.8 Å². The van der Waals surface area contributed by atoms with E-state index in [0.717, 1.165) is 6.26 Å². The van der Waals surface area contributed by atoms with Gasteiger partial charge in [-0.05, 0) is 12.1 Å². The molecular weight excluding hydrogens is 555 g/mol. The highest BCUT2D eigenvalue weighted by molar-refractivity contribution is 7.92. The summed E-state index contributed by atoms with van der Waals surface area (Å²) in [6, 6.07) is 4.55. The molecule has 1 spiro atoms. The lowest BCUT2D eigenvalue weighted by Gasteiger charge is -2.45.